The van der Waals surface area contributed by atoms with Gasteiger partial charge in [-0.3, -0.25) is 4.79 Å². The van der Waals surface area contributed by atoms with Crippen molar-refractivity contribution in [3.63, 3.8) is 0 Å². The largest absolute Gasteiger partial charge is 0.468 e. The minimum absolute atomic E-state index is 0.198. The van der Waals surface area contributed by atoms with Crippen LogP contribution in [0.2, 0.25) is 0 Å². The van der Waals surface area contributed by atoms with Crippen LogP contribution in [0.5, 0.6) is 0 Å². The van der Waals surface area contributed by atoms with E-state index in [4.69, 9.17) is 0 Å². The maximum atomic E-state index is 11.0. The fourth-order valence-corrected chi connectivity index (χ4v) is 1.36. The third-order valence-corrected chi connectivity index (χ3v) is 2.24. The summed E-state index contributed by atoms with van der Waals surface area (Å²) >= 11 is 0. The van der Waals surface area contributed by atoms with Crippen LogP contribution in [0.1, 0.15) is 12.5 Å². The van der Waals surface area contributed by atoms with E-state index in [1.165, 1.54) is 12.7 Å². The first-order chi connectivity index (χ1) is 7.77. The number of allylic oxidation sites excluding steroid dienone is 2. The third-order valence-electron chi connectivity index (χ3n) is 2.24. The van der Waals surface area contributed by atoms with Gasteiger partial charge in [0, 0.05) is 5.69 Å². The molecule has 0 bridgehead atoms. The van der Waals surface area contributed by atoms with Crippen molar-refractivity contribution in [3.8, 4) is 0 Å². The van der Waals surface area contributed by atoms with Crippen molar-refractivity contribution in [3.05, 3.63) is 42.0 Å². The van der Waals surface area contributed by atoms with Gasteiger partial charge in [0.1, 0.15) is 6.54 Å². The van der Waals surface area contributed by atoms with Crippen molar-refractivity contribution in [2.75, 3.05) is 19.0 Å². The highest BCUT2D eigenvalue weighted by molar-refractivity contribution is 5.75. The Labute approximate surface area is 96.1 Å². The monoisotopic (exact) mass is 219 g/mol. The third kappa shape index (κ3) is 3.77. The summed E-state index contributed by atoms with van der Waals surface area (Å²) in [5, 5.41) is 3.06. The molecule has 1 N–H and O–H groups in total. The molecule has 0 fully saturated rings. The van der Waals surface area contributed by atoms with Crippen LogP contribution in [0.4, 0.5) is 5.69 Å². The number of hydrogen-bond acceptors (Lipinski definition) is 3. The van der Waals surface area contributed by atoms with E-state index in [0.29, 0.717) is 0 Å². The zero-order valence-corrected chi connectivity index (χ0v) is 9.69. The molecule has 0 aromatic heterocycles. The summed E-state index contributed by atoms with van der Waals surface area (Å²) in [5.41, 5.74) is 2.15. The van der Waals surface area contributed by atoms with E-state index in [0.717, 1.165) is 12.1 Å². The van der Waals surface area contributed by atoms with Crippen molar-refractivity contribution in [2.24, 2.45) is 0 Å². The maximum Gasteiger partial charge on any atom is 0.325 e. The first kappa shape index (κ1) is 12.3. The standard InChI is InChI=1S/C13H17NO2/c1-3-4-7-11-8-5-6-9-12(11)14-10-13(15)16-2/h3-6,8-9,14H,7,10H2,1-2H3/b4-3+. The number of esters is 1. The number of nitrogens with one attached hydrogen (secondary N) is 1. The highest BCUT2D eigenvalue weighted by Crippen LogP contribution is 2.15. The number of carbonyl (C=O) groups is 1. The van der Waals surface area contributed by atoms with Crippen molar-refractivity contribution in [1.82, 2.24) is 0 Å². The van der Waals surface area contributed by atoms with Gasteiger partial charge >= 0.3 is 5.97 Å². The Bertz CT molecular complexity index is 372. The van der Waals surface area contributed by atoms with E-state index in [-0.39, 0.29) is 12.5 Å². The molecule has 0 amide bonds. The van der Waals surface area contributed by atoms with Gasteiger partial charge in [0.25, 0.3) is 0 Å². The molecule has 3 heteroatoms. The van der Waals surface area contributed by atoms with E-state index < -0.39 is 0 Å². The lowest BCUT2D eigenvalue weighted by molar-refractivity contribution is -0.138. The van der Waals surface area contributed by atoms with Gasteiger partial charge in [-0.2, -0.15) is 0 Å². The number of carbonyl (C=O) groups excluding carboxylic acids is 1. The van der Waals surface area contributed by atoms with Crippen LogP contribution in [0.15, 0.2) is 36.4 Å². The Hall–Kier alpha value is -1.77. The second kappa shape index (κ2) is 6.67. The quantitative estimate of drug-likeness (QED) is 0.610. The van der Waals surface area contributed by atoms with Crippen molar-refractivity contribution >= 4 is 11.7 Å². The van der Waals surface area contributed by atoms with Gasteiger partial charge < -0.3 is 10.1 Å². The highest BCUT2D eigenvalue weighted by Gasteiger charge is 2.02. The van der Waals surface area contributed by atoms with E-state index in [9.17, 15) is 4.79 Å². The number of anilines is 1. The number of benzene rings is 1. The van der Waals surface area contributed by atoms with Crippen LogP contribution in [0.25, 0.3) is 0 Å². The Morgan fingerprint density at radius 1 is 1.44 bits per heavy atom. The Morgan fingerprint density at radius 3 is 2.88 bits per heavy atom. The van der Waals surface area contributed by atoms with Crippen LogP contribution in [-0.4, -0.2) is 19.6 Å². The molecule has 0 heterocycles. The second-order valence-corrected chi connectivity index (χ2v) is 3.36. The number of rotatable bonds is 5. The minimum Gasteiger partial charge on any atom is -0.468 e. The summed E-state index contributed by atoms with van der Waals surface area (Å²) in [6.07, 6.45) is 4.95. The molecule has 0 unspecified atom stereocenters. The molecule has 0 aliphatic carbocycles. The summed E-state index contributed by atoms with van der Waals surface area (Å²) in [5.74, 6) is -0.263. The van der Waals surface area contributed by atoms with Crippen LogP contribution >= 0.6 is 0 Å². The Morgan fingerprint density at radius 2 is 2.19 bits per heavy atom. The smallest absolute Gasteiger partial charge is 0.325 e. The number of methoxy groups -OCH3 is 1. The van der Waals surface area contributed by atoms with Crippen molar-refractivity contribution < 1.29 is 9.53 Å². The number of para-hydroxylation sites is 1. The molecule has 3 nitrogen and oxygen atoms in total. The van der Waals surface area contributed by atoms with Gasteiger partial charge in [-0.15, -0.1) is 0 Å². The molecule has 0 radical (unpaired) electrons. The molecule has 0 saturated heterocycles. The molecule has 0 atom stereocenters. The van der Waals surface area contributed by atoms with Crippen molar-refractivity contribution in [1.29, 1.82) is 0 Å². The molecule has 1 rings (SSSR count). The van der Waals surface area contributed by atoms with Crippen LogP contribution in [-0.2, 0) is 16.0 Å². The van der Waals surface area contributed by atoms with Gasteiger partial charge in [0.05, 0.1) is 7.11 Å². The molecular weight excluding hydrogens is 202 g/mol. The molecule has 86 valence electrons. The van der Waals surface area contributed by atoms with Crippen LogP contribution in [0.3, 0.4) is 0 Å². The average molecular weight is 219 g/mol. The molecule has 0 spiro atoms. The predicted molar refractivity (Wildman–Crippen MR) is 65.5 cm³/mol. The van der Waals surface area contributed by atoms with Gasteiger partial charge in [-0.25, -0.2) is 0 Å². The van der Waals surface area contributed by atoms with Gasteiger partial charge in [-0.05, 0) is 25.0 Å². The maximum absolute atomic E-state index is 11.0. The Balaban J connectivity index is 2.66. The summed E-state index contributed by atoms with van der Waals surface area (Å²) in [6.45, 7) is 2.19. The summed E-state index contributed by atoms with van der Waals surface area (Å²) in [6, 6.07) is 7.93. The highest BCUT2D eigenvalue weighted by atomic mass is 16.5. The molecule has 16 heavy (non-hydrogen) atoms. The second-order valence-electron chi connectivity index (χ2n) is 3.36. The number of hydrogen-bond donors (Lipinski definition) is 1. The average Bonchev–Trinajstić information content (AvgIpc) is 2.34. The zero-order chi connectivity index (χ0) is 11.8. The fraction of sp³-hybridized carbons (Fsp3) is 0.308. The van der Waals surface area contributed by atoms with Crippen molar-refractivity contribution in [2.45, 2.75) is 13.3 Å². The first-order valence-electron chi connectivity index (χ1n) is 5.27. The minimum atomic E-state index is -0.263. The van der Waals surface area contributed by atoms with Gasteiger partial charge in [-0.1, -0.05) is 30.4 Å². The summed E-state index contributed by atoms with van der Waals surface area (Å²) in [4.78, 5) is 11.0. The fourth-order valence-electron chi connectivity index (χ4n) is 1.36. The lowest BCUT2D eigenvalue weighted by Crippen LogP contribution is -2.15. The summed E-state index contributed by atoms with van der Waals surface area (Å²) < 4.78 is 4.58. The lowest BCUT2D eigenvalue weighted by atomic mass is 10.1. The molecule has 0 aliphatic heterocycles. The molecule has 1 aromatic rings. The Kier molecular flexibility index (Phi) is 5.12. The number of ether oxygens (including phenoxy) is 1. The van der Waals surface area contributed by atoms with E-state index in [1.54, 1.807) is 0 Å². The molecule has 0 saturated carbocycles. The zero-order valence-electron chi connectivity index (χ0n) is 9.69. The first-order valence-corrected chi connectivity index (χ1v) is 5.27. The topological polar surface area (TPSA) is 38.3 Å². The molecular formula is C13H17NO2. The molecule has 1 aromatic carbocycles. The normalized spacial score (nSPS) is 10.4. The van der Waals surface area contributed by atoms with E-state index >= 15 is 0 Å². The summed E-state index contributed by atoms with van der Waals surface area (Å²) in [7, 11) is 1.38. The molecule has 0 aliphatic rings. The van der Waals surface area contributed by atoms with Gasteiger partial charge in [0.15, 0.2) is 0 Å². The van der Waals surface area contributed by atoms with E-state index in [1.807, 2.05) is 37.3 Å². The van der Waals surface area contributed by atoms with E-state index in [2.05, 4.69) is 16.1 Å². The predicted octanol–water partition coefficient (Wildman–Crippen LogP) is 2.39. The van der Waals surface area contributed by atoms with Gasteiger partial charge in [0.2, 0.25) is 0 Å². The van der Waals surface area contributed by atoms with Crippen LogP contribution in [0, 0.1) is 0 Å². The lowest BCUT2D eigenvalue weighted by Gasteiger charge is -2.09. The SMILES string of the molecule is C/C=C/Cc1ccccc1NCC(=O)OC. The van der Waals surface area contributed by atoms with Crippen LogP contribution < -0.4 is 5.32 Å².